The van der Waals surface area contributed by atoms with Gasteiger partial charge in [-0.1, -0.05) is 71.4 Å². The second-order valence-corrected chi connectivity index (χ2v) is 8.08. The van der Waals surface area contributed by atoms with Crippen molar-refractivity contribution in [2.24, 2.45) is 0 Å². The Hall–Kier alpha value is -1.43. The number of rotatable bonds is 4. The molecule has 0 N–H and O–H groups in total. The SMILES string of the molecule is Brc1ccc2nc(OC3CCN(Cc4ccccc4)CC3)sc2c1.CC. The number of hydrogen-bond acceptors (Lipinski definition) is 4. The summed E-state index contributed by atoms with van der Waals surface area (Å²) in [4.78, 5) is 7.10. The maximum atomic E-state index is 6.14. The maximum Gasteiger partial charge on any atom is 0.274 e. The van der Waals surface area contributed by atoms with Crippen LogP contribution in [0.1, 0.15) is 32.3 Å². The molecule has 0 radical (unpaired) electrons. The zero-order valence-corrected chi connectivity index (χ0v) is 17.7. The number of hydrogen-bond donors (Lipinski definition) is 0. The molecule has 0 saturated carbocycles. The zero-order valence-electron chi connectivity index (χ0n) is 15.3. The predicted octanol–water partition coefficient (Wildman–Crippen LogP) is 6.13. The van der Waals surface area contributed by atoms with Gasteiger partial charge in [0.1, 0.15) is 6.10 Å². The summed E-state index contributed by atoms with van der Waals surface area (Å²) in [5, 5.41) is 0.796. The number of halogens is 1. The number of aromatic nitrogens is 1. The van der Waals surface area contributed by atoms with Crippen LogP contribution in [-0.4, -0.2) is 29.1 Å². The van der Waals surface area contributed by atoms with Crippen LogP contribution >= 0.6 is 27.3 Å². The third-order valence-corrected chi connectivity index (χ3v) is 5.78. The number of piperidine rings is 1. The second-order valence-electron chi connectivity index (χ2n) is 6.17. The molecule has 0 spiro atoms. The average Bonchev–Trinajstić information content (AvgIpc) is 3.07. The second kappa shape index (κ2) is 9.49. The number of benzene rings is 2. The molecular weight excluding hydrogens is 408 g/mol. The van der Waals surface area contributed by atoms with Crippen LogP contribution in [0.3, 0.4) is 0 Å². The van der Waals surface area contributed by atoms with Crippen LogP contribution in [0, 0.1) is 0 Å². The fourth-order valence-electron chi connectivity index (χ4n) is 3.10. The summed E-state index contributed by atoms with van der Waals surface area (Å²) in [6.45, 7) is 7.19. The molecule has 1 aliphatic heterocycles. The average molecular weight is 433 g/mol. The van der Waals surface area contributed by atoms with Crippen molar-refractivity contribution in [2.45, 2.75) is 39.3 Å². The van der Waals surface area contributed by atoms with Crippen molar-refractivity contribution in [2.75, 3.05) is 13.1 Å². The lowest BCUT2D eigenvalue weighted by Gasteiger charge is -2.31. The number of likely N-dealkylation sites (tertiary alicyclic amines) is 1. The highest BCUT2D eigenvalue weighted by Crippen LogP contribution is 2.31. The molecule has 3 nitrogen and oxygen atoms in total. The first-order valence-corrected chi connectivity index (χ1v) is 10.9. The van der Waals surface area contributed by atoms with Gasteiger partial charge < -0.3 is 4.74 Å². The van der Waals surface area contributed by atoms with Gasteiger partial charge in [0.05, 0.1) is 10.2 Å². The van der Waals surface area contributed by atoms with Crippen molar-refractivity contribution >= 4 is 37.5 Å². The first-order valence-electron chi connectivity index (χ1n) is 9.25. The standard InChI is InChI=1S/C19H19BrN2OS.C2H6/c20-15-6-7-17-18(12-15)24-19(21-17)23-16-8-10-22(11-9-16)13-14-4-2-1-3-5-14;1-2/h1-7,12,16H,8-11,13H2;1-2H3. The van der Waals surface area contributed by atoms with E-state index in [0.29, 0.717) is 0 Å². The fraction of sp³-hybridized carbons (Fsp3) is 0.381. The Labute approximate surface area is 168 Å². The van der Waals surface area contributed by atoms with E-state index in [1.165, 1.54) is 10.3 Å². The summed E-state index contributed by atoms with van der Waals surface area (Å²) in [7, 11) is 0. The smallest absolute Gasteiger partial charge is 0.274 e. The number of ether oxygens (including phenoxy) is 1. The van der Waals surface area contributed by atoms with E-state index < -0.39 is 0 Å². The third-order valence-electron chi connectivity index (χ3n) is 4.38. The van der Waals surface area contributed by atoms with E-state index in [9.17, 15) is 0 Å². The number of nitrogens with zero attached hydrogens (tertiary/aromatic N) is 2. The lowest BCUT2D eigenvalue weighted by molar-refractivity contribution is 0.0967. The Kier molecular flexibility index (Phi) is 7.06. The topological polar surface area (TPSA) is 25.4 Å². The van der Waals surface area contributed by atoms with Crippen LogP contribution in [0.15, 0.2) is 53.0 Å². The minimum absolute atomic E-state index is 0.279. The number of thiazole rings is 1. The highest BCUT2D eigenvalue weighted by atomic mass is 79.9. The minimum atomic E-state index is 0.279. The molecule has 0 atom stereocenters. The van der Waals surface area contributed by atoms with Gasteiger partial charge in [-0.2, -0.15) is 0 Å². The molecule has 1 aliphatic rings. The molecule has 5 heteroatoms. The van der Waals surface area contributed by atoms with Crippen LogP contribution in [0.5, 0.6) is 5.19 Å². The largest absolute Gasteiger partial charge is 0.467 e. The molecule has 1 aromatic heterocycles. The molecule has 2 heterocycles. The first kappa shape index (κ1) is 19.3. The predicted molar refractivity (Wildman–Crippen MR) is 114 cm³/mol. The van der Waals surface area contributed by atoms with E-state index in [0.717, 1.165) is 47.7 Å². The summed E-state index contributed by atoms with van der Waals surface area (Å²) in [6, 6.07) is 16.8. The van der Waals surface area contributed by atoms with Gasteiger partial charge in [0.15, 0.2) is 0 Å². The highest BCUT2D eigenvalue weighted by Gasteiger charge is 2.21. The van der Waals surface area contributed by atoms with Crippen LogP contribution in [0.25, 0.3) is 10.2 Å². The Morgan fingerprint density at radius 3 is 2.58 bits per heavy atom. The summed E-state index contributed by atoms with van der Waals surface area (Å²) in [5.74, 6) is 0. The van der Waals surface area contributed by atoms with Crippen molar-refractivity contribution < 1.29 is 4.74 Å². The fourth-order valence-corrected chi connectivity index (χ4v) is 4.53. The molecule has 1 saturated heterocycles. The van der Waals surface area contributed by atoms with E-state index in [4.69, 9.17) is 4.74 Å². The van der Waals surface area contributed by atoms with E-state index in [1.807, 2.05) is 26.0 Å². The Balaban J connectivity index is 0.000000948. The van der Waals surface area contributed by atoms with Gasteiger partial charge in [-0.3, -0.25) is 4.90 Å². The van der Waals surface area contributed by atoms with Gasteiger partial charge in [0.25, 0.3) is 5.19 Å². The lowest BCUT2D eigenvalue weighted by atomic mass is 10.1. The van der Waals surface area contributed by atoms with E-state index >= 15 is 0 Å². The molecule has 2 aromatic carbocycles. The molecule has 0 aliphatic carbocycles. The lowest BCUT2D eigenvalue weighted by Crippen LogP contribution is -2.37. The molecule has 0 bridgehead atoms. The van der Waals surface area contributed by atoms with Crippen molar-refractivity contribution in [3.05, 3.63) is 58.6 Å². The summed E-state index contributed by atoms with van der Waals surface area (Å²) in [5.41, 5.74) is 2.40. The monoisotopic (exact) mass is 432 g/mol. The molecule has 4 rings (SSSR count). The Morgan fingerprint density at radius 2 is 1.85 bits per heavy atom. The molecule has 1 fully saturated rings. The van der Waals surface area contributed by atoms with Crippen LogP contribution in [-0.2, 0) is 6.54 Å². The highest BCUT2D eigenvalue weighted by molar-refractivity contribution is 9.10. The van der Waals surface area contributed by atoms with Crippen molar-refractivity contribution in [1.29, 1.82) is 0 Å². The molecule has 138 valence electrons. The van der Waals surface area contributed by atoms with Gasteiger partial charge in [0.2, 0.25) is 0 Å². The van der Waals surface area contributed by atoms with Crippen molar-refractivity contribution in [1.82, 2.24) is 9.88 Å². The maximum absolute atomic E-state index is 6.14. The minimum Gasteiger partial charge on any atom is -0.467 e. The Morgan fingerprint density at radius 1 is 1.12 bits per heavy atom. The van der Waals surface area contributed by atoms with Gasteiger partial charge in [-0.05, 0) is 36.6 Å². The number of fused-ring (bicyclic) bond motifs is 1. The van der Waals surface area contributed by atoms with Crippen LogP contribution in [0.2, 0.25) is 0 Å². The van der Waals surface area contributed by atoms with Gasteiger partial charge in [-0.15, -0.1) is 0 Å². The van der Waals surface area contributed by atoms with E-state index in [-0.39, 0.29) is 6.10 Å². The molecule has 3 aromatic rings. The van der Waals surface area contributed by atoms with Crippen LogP contribution < -0.4 is 4.74 Å². The summed E-state index contributed by atoms with van der Waals surface area (Å²) >= 11 is 5.14. The first-order chi connectivity index (χ1) is 12.8. The van der Waals surface area contributed by atoms with Gasteiger partial charge >= 0.3 is 0 Å². The van der Waals surface area contributed by atoms with Crippen molar-refractivity contribution in [3.63, 3.8) is 0 Å². The zero-order chi connectivity index (χ0) is 18.4. The third kappa shape index (κ3) is 5.06. The van der Waals surface area contributed by atoms with Crippen LogP contribution in [0.4, 0.5) is 0 Å². The van der Waals surface area contributed by atoms with Crippen molar-refractivity contribution in [3.8, 4) is 5.19 Å². The van der Waals surface area contributed by atoms with Gasteiger partial charge in [0, 0.05) is 24.1 Å². The quantitative estimate of drug-likeness (QED) is 0.495. The molecular formula is C21H25BrN2OS. The Bertz CT molecular complexity index is 813. The normalized spacial score (nSPS) is 15.5. The summed E-state index contributed by atoms with van der Waals surface area (Å²) < 4.78 is 8.39. The molecule has 0 unspecified atom stereocenters. The molecule has 0 amide bonds. The molecule has 26 heavy (non-hydrogen) atoms. The van der Waals surface area contributed by atoms with E-state index in [1.54, 1.807) is 11.3 Å². The van der Waals surface area contributed by atoms with Gasteiger partial charge in [-0.25, -0.2) is 4.98 Å². The van der Waals surface area contributed by atoms with E-state index in [2.05, 4.69) is 62.2 Å². The summed E-state index contributed by atoms with van der Waals surface area (Å²) in [6.07, 6.45) is 2.40.